The molecule has 0 aliphatic carbocycles. The summed E-state index contributed by atoms with van der Waals surface area (Å²) in [6.07, 6.45) is 2.95. The third-order valence-corrected chi connectivity index (χ3v) is 1.90. The first-order valence-electron chi connectivity index (χ1n) is 4.50. The summed E-state index contributed by atoms with van der Waals surface area (Å²) in [4.78, 5) is 20.7. The average Bonchev–Trinajstić information content (AvgIpc) is 2.16. The van der Waals surface area contributed by atoms with E-state index in [2.05, 4.69) is 0 Å². The molecule has 0 saturated heterocycles. The molecule has 6 heteroatoms. The molecular formula is C10H11N3O3. The molecular weight excluding hydrogens is 210 g/mol. The highest BCUT2D eigenvalue weighted by Gasteiger charge is 2.15. The van der Waals surface area contributed by atoms with E-state index in [0.29, 0.717) is 5.56 Å². The molecule has 0 heterocycles. The third kappa shape index (κ3) is 2.81. The van der Waals surface area contributed by atoms with Crippen LogP contribution >= 0.6 is 0 Å². The fraction of sp³-hybridized carbons (Fsp3) is 0.100. The van der Waals surface area contributed by atoms with Gasteiger partial charge < -0.3 is 11.5 Å². The van der Waals surface area contributed by atoms with Gasteiger partial charge in [-0.2, -0.15) is 0 Å². The number of hydrogen-bond acceptors (Lipinski definition) is 4. The molecule has 0 saturated carbocycles. The van der Waals surface area contributed by atoms with Gasteiger partial charge in [0.15, 0.2) is 0 Å². The number of nitrogens with two attached hydrogens (primary N) is 2. The van der Waals surface area contributed by atoms with Crippen LogP contribution in [-0.2, 0) is 4.79 Å². The van der Waals surface area contributed by atoms with Crippen LogP contribution in [0.15, 0.2) is 24.3 Å². The lowest BCUT2D eigenvalue weighted by atomic mass is 10.1. The van der Waals surface area contributed by atoms with Crippen LogP contribution in [0, 0.1) is 10.1 Å². The van der Waals surface area contributed by atoms with Crippen molar-refractivity contribution in [1.29, 1.82) is 0 Å². The van der Waals surface area contributed by atoms with Crippen molar-refractivity contribution in [3.05, 3.63) is 40.0 Å². The van der Waals surface area contributed by atoms with Crippen molar-refractivity contribution < 1.29 is 9.72 Å². The fourth-order valence-electron chi connectivity index (χ4n) is 1.23. The van der Waals surface area contributed by atoms with Crippen LogP contribution in [0.3, 0.4) is 0 Å². The first kappa shape index (κ1) is 11.7. The number of anilines is 1. The van der Waals surface area contributed by atoms with Crippen molar-refractivity contribution in [2.45, 2.75) is 6.42 Å². The zero-order chi connectivity index (χ0) is 12.1. The highest BCUT2D eigenvalue weighted by atomic mass is 16.6. The smallest absolute Gasteiger partial charge is 0.299 e. The van der Waals surface area contributed by atoms with Gasteiger partial charge in [-0.25, -0.2) is 0 Å². The number of nitro groups is 1. The van der Waals surface area contributed by atoms with Crippen LogP contribution in [0.1, 0.15) is 12.0 Å². The van der Waals surface area contributed by atoms with E-state index >= 15 is 0 Å². The summed E-state index contributed by atoms with van der Waals surface area (Å²) in [6.45, 7) is 0. The monoisotopic (exact) mass is 221 g/mol. The number of nitrogen functional groups attached to an aromatic ring is 1. The molecule has 0 bridgehead atoms. The van der Waals surface area contributed by atoms with Gasteiger partial charge in [0.1, 0.15) is 5.69 Å². The Morgan fingerprint density at radius 2 is 2.19 bits per heavy atom. The molecule has 1 rings (SSSR count). The number of nitrogens with zero attached hydrogens (tertiary/aromatic N) is 1. The number of primary amides is 1. The highest BCUT2D eigenvalue weighted by molar-refractivity contribution is 5.78. The first-order valence-corrected chi connectivity index (χ1v) is 4.50. The van der Waals surface area contributed by atoms with Gasteiger partial charge in [0, 0.05) is 6.42 Å². The largest absolute Gasteiger partial charge is 0.393 e. The third-order valence-electron chi connectivity index (χ3n) is 1.90. The first-order chi connectivity index (χ1) is 7.52. The normalized spacial score (nSPS) is 10.5. The maximum absolute atomic E-state index is 10.7. The molecule has 0 spiro atoms. The SMILES string of the molecule is NC(=O)CC=Cc1cccc(N)c1[N+](=O)[O-]. The number of hydrogen-bond donors (Lipinski definition) is 2. The van der Waals surface area contributed by atoms with Crippen LogP contribution in [0.4, 0.5) is 11.4 Å². The Balaban J connectivity index is 3.04. The fourth-order valence-corrected chi connectivity index (χ4v) is 1.23. The minimum absolute atomic E-state index is 0.0337. The minimum Gasteiger partial charge on any atom is -0.393 e. The lowest BCUT2D eigenvalue weighted by Gasteiger charge is -2.00. The van der Waals surface area contributed by atoms with E-state index in [0.717, 1.165) is 0 Å². The summed E-state index contributed by atoms with van der Waals surface area (Å²) >= 11 is 0. The number of amides is 1. The molecule has 84 valence electrons. The van der Waals surface area contributed by atoms with Crippen molar-refractivity contribution >= 4 is 23.4 Å². The minimum atomic E-state index is -0.556. The second-order valence-corrected chi connectivity index (χ2v) is 3.11. The molecule has 0 radical (unpaired) electrons. The number of carbonyl (C=O) groups is 1. The molecule has 1 aromatic rings. The van der Waals surface area contributed by atoms with Crippen molar-refractivity contribution in [3.63, 3.8) is 0 Å². The van der Waals surface area contributed by atoms with E-state index in [1.54, 1.807) is 12.1 Å². The highest BCUT2D eigenvalue weighted by Crippen LogP contribution is 2.26. The maximum Gasteiger partial charge on any atom is 0.299 e. The Hall–Kier alpha value is -2.37. The standard InChI is InChI=1S/C10H11N3O3/c11-8-5-1-3-7(10(8)13(15)16)4-2-6-9(12)14/h1-5H,6,11H2,(H2,12,14). The zero-order valence-electron chi connectivity index (χ0n) is 8.42. The molecule has 6 nitrogen and oxygen atoms in total. The lowest BCUT2D eigenvalue weighted by Crippen LogP contribution is -2.07. The van der Waals surface area contributed by atoms with Gasteiger partial charge in [0.05, 0.1) is 10.5 Å². The molecule has 1 aromatic carbocycles. The molecule has 0 aliphatic rings. The second-order valence-electron chi connectivity index (χ2n) is 3.11. The zero-order valence-corrected chi connectivity index (χ0v) is 8.42. The predicted octanol–water partition coefficient (Wildman–Crippen LogP) is 1.07. The Kier molecular flexibility index (Phi) is 3.60. The van der Waals surface area contributed by atoms with Gasteiger partial charge in [0.2, 0.25) is 5.91 Å². The quantitative estimate of drug-likeness (QED) is 0.449. The van der Waals surface area contributed by atoms with E-state index in [4.69, 9.17) is 11.5 Å². The Bertz CT molecular complexity index is 455. The number of benzene rings is 1. The molecule has 0 unspecified atom stereocenters. The van der Waals surface area contributed by atoms with Crippen LogP contribution in [0.2, 0.25) is 0 Å². The number of para-hydroxylation sites is 1. The van der Waals surface area contributed by atoms with Crippen LogP contribution in [0.5, 0.6) is 0 Å². The summed E-state index contributed by atoms with van der Waals surface area (Å²) in [6, 6.07) is 4.60. The van der Waals surface area contributed by atoms with Gasteiger partial charge in [0.25, 0.3) is 5.69 Å². The lowest BCUT2D eigenvalue weighted by molar-refractivity contribution is -0.384. The van der Waals surface area contributed by atoms with Gasteiger partial charge in [-0.15, -0.1) is 0 Å². The van der Waals surface area contributed by atoms with E-state index in [-0.39, 0.29) is 17.8 Å². The maximum atomic E-state index is 10.7. The Morgan fingerprint density at radius 1 is 1.50 bits per heavy atom. The molecule has 0 aromatic heterocycles. The summed E-state index contributed by atoms with van der Waals surface area (Å²) < 4.78 is 0. The Morgan fingerprint density at radius 3 is 2.75 bits per heavy atom. The summed E-state index contributed by atoms with van der Waals surface area (Å²) in [5.74, 6) is -0.497. The van der Waals surface area contributed by atoms with Crippen molar-refractivity contribution in [2.75, 3.05) is 5.73 Å². The van der Waals surface area contributed by atoms with Crippen LogP contribution < -0.4 is 11.5 Å². The topological polar surface area (TPSA) is 112 Å². The molecule has 16 heavy (non-hydrogen) atoms. The molecule has 0 fully saturated rings. The average molecular weight is 221 g/mol. The van der Waals surface area contributed by atoms with Crippen molar-refractivity contribution in [3.8, 4) is 0 Å². The number of rotatable bonds is 4. The molecule has 0 aliphatic heterocycles. The Labute approximate surface area is 91.7 Å². The second kappa shape index (κ2) is 4.92. The molecule has 4 N–H and O–H groups in total. The number of nitro benzene ring substituents is 1. The van der Waals surface area contributed by atoms with E-state index in [9.17, 15) is 14.9 Å². The summed E-state index contributed by atoms with van der Waals surface area (Å²) in [7, 11) is 0. The number of carbonyl (C=O) groups excluding carboxylic acids is 1. The van der Waals surface area contributed by atoms with Gasteiger partial charge >= 0.3 is 0 Å². The van der Waals surface area contributed by atoms with Gasteiger partial charge in [-0.1, -0.05) is 18.2 Å². The summed E-state index contributed by atoms with van der Waals surface area (Å²) in [5, 5.41) is 10.7. The molecule has 0 atom stereocenters. The van der Waals surface area contributed by atoms with E-state index in [1.807, 2.05) is 0 Å². The van der Waals surface area contributed by atoms with E-state index in [1.165, 1.54) is 18.2 Å². The predicted molar refractivity (Wildman–Crippen MR) is 60.4 cm³/mol. The van der Waals surface area contributed by atoms with Crippen molar-refractivity contribution in [2.24, 2.45) is 5.73 Å². The van der Waals surface area contributed by atoms with Crippen LogP contribution in [-0.4, -0.2) is 10.8 Å². The van der Waals surface area contributed by atoms with Crippen molar-refractivity contribution in [1.82, 2.24) is 0 Å². The van der Waals surface area contributed by atoms with Gasteiger partial charge in [-0.05, 0) is 12.1 Å². The van der Waals surface area contributed by atoms with E-state index < -0.39 is 10.8 Å². The van der Waals surface area contributed by atoms with Gasteiger partial charge in [-0.3, -0.25) is 14.9 Å². The molecule has 1 amide bonds. The van der Waals surface area contributed by atoms with Crippen LogP contribution in [0.25, 0.3) is 6.08 Å². The summed E-state index contributed by atoms with van der Waals surface area (Å²) in [5.41, 5.74) is 10.7.